The lowest BCUT2D eigenvalue weighted by atomic mass is 9.97. The van der Waals surface area contributed by atoms with E-state index in [-0.39, 0.29) is 18.2 Å². The molecule has 0 aliphatic carbocycles. The van der Waals surface area contributed by atoms with Crippen LogP contribution in [0.4, 0.5) is 0 Å². The van der Waals surface area contributed by atoms with Crippen molar-refractivity contribution in [2.24, 2.45) is 0 Å². The summed E-state index contributed by atoms with van der Waals surface area (Å²) in [4.78, 5) is 17.4. The number of aromatic hydroxyl groups is 1. The molecule has 1 unspecified atom stereocenters. The van der Waals surface area contributed by atoms with Crippen LogP contribution >= 0.6 is 0 Å². The lowest BCUT2D eigenvalue weighted by Gasteiger charge is -2.35. The van der Waals surface area contributed by atoms with Crippen molar-refractivity contribution in [2.75, 3.05) is 6.54 Å². The van der Waals surface area contributed by atoms with Crippen LogP contribution in [0, 0.1) is 6.92 Å². The Morgan fingerprint density at radius 1 is 1.45 bits per heavy atom. The minimum absolute atomic E-state index is 0.203. The average Bonchev–Trinajstić information content (AvgIpc) is 2.42. The van der Waals surface area contributed by atoms with E-state index in [4.69, 9.17) is 5.11 Å². The van der Waals surface area contributed by atoms with Crippen LogP contribution in [0.3, 0.4) is 0 Å². The van der Waals surface area contributed by atoms with E-state index in [9.17, 15) is 9.90 Å². The van der Waals surface area contributed by atoms with Gasteiger partial charge in [-0.15, -0.1) is 0 Å². The molecule has 0 spiro atoms. The quantitative estimate of drug-likeness (QED) is 0.864. The van der Waals surface area contributed by atoms with Gasteiger partial charge in [0.1, 0.15) is 5.75 Å². The maximum absolute atomic E-state index is 10.7. The van der Waals surface area contributed by atoms with E-state index in [1.54, 1.807) is 12.1 Å². The van der Waals surface area contributed by atoms with Gasteiger partial charge in [0.2, 0.25) is 0 Å². The van der Waals surface area contributed by atoms with E-state index < -0.39 is 5.97 Å². The standard InChI is InChI=1S/C15H22N2O3/c1-11-5-7-14(18)13(16-11)10-17-9-3-2-4-12(17)6-8-15(19)20/h5,7,12,18H,2-4,6,8-10H2,1H3,(H,19,20). The molecule has 2 rings (SSSR count). The Bertz CT molecular complexity index is 476. The Kier molecular flexibility index (Phi) is 4.95. The second kappa shape index (κ2) is 6.70. The molecule has 20 heavy (non-hydrogen) atoms. The van der Waals surface area contributed by atoms with Crippen molar-refractivity contribution in [1.29, 1.82) is 0 Å². The van der Waals surface area contributed by atoms with E-state index in [1.165, 1.54) is 0 Å². The Balaban J connectivity index is 2.04. The lowest BCUT2D eigenvalue weighted by molar-refractivity contribution is -0.137. The van der Waals surface area contributed by atoms with Crippen molar-refractivity contribution >= 4 is 5.97 Å². The molecule has 1 saturated heterocycles. The largest absolute Gasteiger partial charge is 0.506 e. The smallest absolute Gasteiger partial charge is 0.303 e. The van der Waals surface area contributed by atoms with Crippen LogP contribution in [0.1, 0.15) is 43.5 Å². The molecule has 0 aromatic carbocycles. The lowest BCUT2D eigenvalue weighted by Crippen LogP contribution is -2.39. The highest BCUT2D eigenvalue weighted by atomic mass is 16.4. The number of likely N-dealkylation sites (tertiary alicyclic amines) is 1. The first kappa shape index (κ1) is 14.8. The third-order valence-electron chi connectivity index (χ3n) is 3.88. The van der Waals surface area contributed by atoms with Crippen molar-refractivity contribution in [3.8, 4) is 5.75 Å². The fourth-order valence-electron chi connectivity index (χ4n) is 2.80. The van der Waals surface area contributed by atoms with Gasteiger partial charge in [0, 0.05) is 24.7 Å². The predicted octanol–water partition coefficient (Wildman–Crippen LogP) is 2.31. The zero-order chi connectivity index (χ0) is 14.5. The van der Waals surface area contributed by atoms with Gasteiger partial charge in [-0.1, -0.05) is 6.42 Å². The first-order valence-corrected chi connectivity index (χ1v) is 7.17. The number of carbonyl (C=O) groups is 1. The molecular weight excluding hydrogens is 256 g/mol. The van der Waals surface area contributed by atoms with Gasteiger partial charge in [-0.05, 0) is 44.9 Å². The van der Waals surface area contributed by atoms with Crippen LogP contribution < -0.4 is 0 Å². The maximum atomic E-state index is 10.7. The van der Waals surface area contributed by atoms with E-state index in [0.717, 1.165) is 31.5 Å². The number of pyridine rings is 1. The van der Waals surface area contributed by atoms with Crippen molar-refractivity contribution in [3.63, 3.8) is 0 Å². The third-order valence-corrected chi connectivity index (χ3v) is 3.88. The number of carboxylic acid groups (broad SMARTS) is 1. The number of aliphatic carboxylic acids is 1. The first-order valence-electron chi connectivity index (χ1n) is 7.17. The number of hydrogen-bond acceptors (Lipinski definition) is 4. The molecule has 0 radical (unpaired) electrons. The highest BCUT2D eigenvalue weighted by molar-refractivity contribution is 5.66. The molecule has 110 valence electrons. The van der Waals surface area contributed by atoms with Gasteiger partial charge >= 0.3 is 5.97 Å². The number of piperidine rings is 1. The Morgan fingerprint density at radius 3 is 3.00 bits per heavy atom. The Morgan fingerprint density at radius 2 is 2.25 bits per heavy atom. The molecule has 1 atom stereocenters. The van der Waals surface area contributed by atoms with Crippen LogP contribution in [0.25, 0.3) is 0 Å². The van der Waals surface area contributed by atoms with E-state index in [2.05, 4.69) is 9.88 Å². The highest BCUT2D eigenvalue weighted by Crippen LogP contribution is 2.25. The molecule has 1 fully saturated rings. The van der Waals surface area contributed by atoms with Crippen molar-refractivity contribution in [3.05, 3.63) is 23.5 Å². The summed E-state index contributed by atoms with van der Waals surface area (Å²) in [5.41, 5.74) is 1.57. The van der Waals surface area contributed by atoms with Gasteiger partial charge in [0.25, 0.3) is 0 Å². The van der Waals surface area contributed by atoms with Gasteiger partial charge < -0.3 is 10.2 Å². The minimum atomic E-state index is -0.743. The summed E-state index contributed by atoms with van der Waals surface area (Å²) < 4.78 is 0. The highest BCUT2D eigenvalue weighted by Gasteiger charge is 2.24. The predicted molar refractivity (Wildman–Crippen MR) is 75.6 cm³/mol. The number of nitrogens with zero attached hydrogens (tertiary/aromatic N) is 2. The van der Waals surface area contributed by atoms with E-state index in [1.807, 2.05) is 6.92 Å². The molecular formula is C15H22N2O3. The monoisotopic (exact) mass is 278 g/mol. The summed E-state index contributed by atoms with van der Waals surface area (Å²) in [5.74, 6) is -0.523. The Hall–Kier alpha value is -1.62. The number of aryl methyl sites for hydroxylation is 1. The zero-order valence-corrected chi connectivity index (χ0v) is 11.9. The van der Waals surface area contributed by atoms with Gasteiger partial charge in [-0.2, -0.15) is 0 Å². The van der Waals surface area contributed by atoms with Crippen LogP contribution in [0.2, 0.25) is 0 Å². The second-order valence-electron chi connectivity index (χ2n) is 5.47. The van der Waals surface area contributed by atoms with Crippen molar-refractivity contribution < 1.29 is 15.0 Å². The molecule has 0 amide bonds. The summed E-state index contributed by atoms with van der Waals surface area (Å²) in [5, 5.41) is 18.7. The minimum Gasteiger partial charge on any atom is -0.506 e. The van der Waals surface area contributed by atoms with E-state index >= 15 is 0 Å². The summed E-state index contributed by atoms with van der Waals surface area (Å²) >= 11 is 0. The van der Waals surface area contributed by atoms with Crippen molar-refractivity contribution in [1.82, 2.24) is 9.88 Å². The fourth-order valence-corrected chi connectivity index (χ4v) is 2.80. The number of hydrogen-bond donors (Lipinski definition) is 2. The van der Waals surface area contributed by atoms with Crippen molar-refractivity contribution in [2.45, 2.75) is 51.6 Å². The molecule has 2 N–H and O–H groups in total. The van der Waals surface area contributed by atoms with Crippen LogP contribution in [0.15, 0.2) is 12.1 Å². The zero-order valence-electron chi connectivity index (χ0n) is 11.9. The van der Waals surface area contributed by atoms with Gasteiger partial charge in [0.15, 0.2) is 0 Å². The molecule has 0 bridgehead atoms. The fraction of sp³-hybridized carbons (Fsp3) is 0.600. The van der Waals surface area contributed by atoms with Crippen LogP contribution in [-0.2, 0) is 11.3 Å². The molecule has 5 heteroatoms. The topological polar surface area (TPSA) is 73.7 Å². The number of aromatic nitrogens is 1. The summed E-state index contributed by atoms with van der Waals surface area (Å²) in [7, 11) is 0. The molecule has 1 aliphatic rings. The third kappa shape index (κ3) is 3.93. The SMILES string of the molecule is Cc1ccc(O)c(CN2CCCCC2CCC(=O)O)n1. The molecule has 0 saturated carbocycles. The summed E-state index contributed by atoms with van der Waals surface area (Å²) in [6.07, 6.45) is 4.17. The summed E-state index contributed by atoms with van der Waals surface area (Å²) in [6.45, 7) is 3.44. The molecule has 5 nitrogen and oxygen atoms in total. The first-order chi connectivity index (χ1) is 9.56. The normalized spacial score (nSPS) is 19.9. The number of rotatable bonds is 5. The molecule has 1 aliphatic heterocycles. The van der Waals surface area contributed by atoms with Crippen LogP contribution in [-0.4, -0.2) is 38.7 Å². The average molecular weight is 278 g/mol. The number of carboxylic acids is 1. The molecule has 1 aromatic heterocycles. The van der Waals surface area contributed by atoms with Gasteiger partial charge in [-0.3, -0.25) is 14.7 Å². The molecule has 1 aromatic rings. The Labute approximate surface area is 119 Å². The molecule has 2 heterocycles. The maximum Gasteiger partial charge on any atom is 0.303 e. The van der Waals surface area contributed by atoms with Gasteiger partial charge in [-0.25, -0.2) is 0 Å². The van der Waals surface area contributed by atoms with Crippen LogP contribution in [0.5, 0.6) is 5.75 Å². The van der Waals surface area contributed by atoms with Gasteiger partial charge in [0.05, 0.1) is 5.69 Å². The second-order valence-corrected chi connectivity index (χ2v) is 5.47. The van der Waals surface area contributed by atoms with E-state index in [0.29, 0.717) is 18.7 Å². The summed E-state index contributed by atoms with van der Waals surface area (Å²) in [6, 6.07) is 3.74.